The van der Waals surface area contributed by atoms with E-state index in [1.807, 2.05) is 42.5 Å². The Hall–Kier alpha value is -3.06. The van der Waals surface area contributed by atoms with E-state index in [9.17, 15) is 0 Å². The van der Waals surface area contributed by atoms with Gasteiger partial charge in [-0.15, -0.1) is 5.10 Å². The van der Waals surface area contributed by atoms with Crippen molar-refractivity contribution in [2.45, 2.75) is 0 Å². The van der Waals surface area contributed by atoms with Gasteiger partial charge in [0.25, 0.3) is 0 Å². The second kappa shape index (κ2) is 8.31. The molecule has 7 nitrogen and oxygen atoms in total. The number of benzene rings is 2. The minimum Gasteiger partial charge on any atom is -0.495 e. The third-order valence-electron chi connectivity index (χ3n) is 4.68. The Bertz CT molecular complexity index is 928. The van der Waals surface area contributed by atoms with E-state index in [-0.39, 0.29) is 0 Å². The molecule has 144 valence electrons. The normalized spacial score (nSPS) is 14.1. The van der Waals surface area contributed by atoms with Crippen LogP contribution in [0.25, 0.3) is 0 Å². The summed E-state index contributed by atoms with van der Waals surface area (Å²) in [5.74, 6) is 2.17. The molecule has 1 aliphatic rings. The van der Waals surface area contributed by atoms with Gasteiger partial charge in [-0.1, -0.05) is 23.7 Å². The molecule has 4 rings (SSSR count). The van der Waals surface area contributed by atoms with E-state index in [0.29, 0.717) is 11.0 Å². The maximum Gasteiger partial charge on any atom is 0.249 e. The standard InChI is InChI=1S/C20H21ClN6O/c1-28-18-5-3-2-4-17(18)26-10-12-27(13-11-26)19-14-22-25-20(24-19)23-16-8-6-15(21)7-9-16/h2-9,14H,10-13H2,1H3,(H,23,24,25). The Morgan fingerprint density at radius 1 is 0.964 bits per heavy atom. The van der Waals surface area contributed by atoms with Crippen LogP contribution < -0.4 is 19.9 Å². The number of aromatic nitrogens is 3. The lowest BCUT2D eigenvalue weighted by Crippen LogP contribution is -2.47. The predicted octanol–water partition coefficient (Wildman–Crippen LogP) is 3.60. The molecule has 0 radical (unpaired) electrons. The first-order valence-corrected chi connectivity index (χ1v) is 9.46. The largest absolute Gasteiger partial charge is 0.495 e. The van der Waals surface area contributed by atoms with E-state index < -0.39 is 0 Å². The van der Waals surface area contributed by atoms with Crippen LogP contribution in [0.4, 0.5) is 23.1 Å². The summed E-state index contributed by atoms with van der Waals surface area (Å²) in [6, 6.07) is 15.5. The maximum atomic E-state index is 5.93. The predicted molar refractivity (Wildman–Crippen MR) is 112 cm³/mol. The molecule has 1 saturated heterocycles. The van der Waals surface area contributed by atoms with E-state index in [1.54, 1.807) is 13.3 Å². The van der Waals surface area contributed by atoms with Crippen molar-refractivity contribution in [3.63, 3.8) is 0 Å². The van der Waals surface area contributed by atoms with Crippen LogP contribution in [-0.2, 0) is 0 Å². The van der Waals surface area contributed by atoms with E-state index in [4.69, 9.17) is 16.3 Å². The molecule has 0 spiro atoms. The van der Waals surface area contributed by atoms with Gasteiger partial charge >= 0.3 is 0 Å². The Kier molecular flexibility index (Phi) is 5.43. The average molecular weight is 397 g/mol. The van der Waals surface area contributed by atoms with Gasteiger partial charge < -0.3 is 19.9 Å². The van der Waals surface area contributed by atoms with Crippen molar-refractivity contribution in [2.75, 3.05) is 48.4 Å². The number of nitrogens with one attached hydrogen (secondary N) is 1. The molecule has 2 heterocycles. The Morgan fingerprint density at radius 3 is 2.43 bits per heavy atom. The lowest BCUT2D eigenvalue weighted by atomic mass is 10.2. The quantitative estimate of drug-likeness (QED) is 0.706. The first kappa shape index (κ1) is 18.3. The molecule has 0 atom stereocenters. The summed E-state index contributed by atoms with van der Waals surface area (Å²) in [7, 11) is 1.71. The number of hydrogen-bond acceptors (Lipinski definition) is 7. The average Bonchev–Trinajstić information content (AvgIpc) is 2.76. The zero-order valence-electron chi connectivity index (χ0n) is 15.5. The van der Waals surface area contributed by atoms with E-state index in [2.05, 4.69) is 36.4 Å². The van der Waals surface area contributed by atoms with Crippen molar-refractivity contribution in [2.24, 2.45) is 0 Å². The fourth-order valence-electron chi connectivity index (χ4n) is 3.23. The highest BCUT2D eigenvalue weighted by atomic mass is 35.5. The number of hydrogen-bond donors (Lipinski definition) is 1. The highest BCUT2D eigenvalue weighted by Gasteiger charge is 2.21. The number of methoxy groups -OCH3 is 1. The minimum atomic E-state index is 0.465. The lowest BCUT2D eigenvalue weighted by molar-refractivity contribution is 0.413. The number of halogens is 1. The van der Waals surface area contributed by atoms with Crippen molar-refractivity contribution in [3.8, 4) is 5.75 Å². The summed E-state index contributed by atoms with van der Waals surface area (Å²) in [4.78, 5) is 9.16. The van der Waals surface area contributed by atoms with Gasteiger partial charge in [0.05, 0.1) is 19.0 Å². The zero-order valence-corrected chi connectivity index (χ0v) is 16.3. The van der Waals surface area contributed by atoms with Crippen LogP contribution in [0.1, 0.15) is 0 Å². The number of rotatable bonds is 5. The van der Waals surface area contributed by atoms with Crippen LogP contribution in [-0.4, -0.2) is 48.5 Å². The number of para-hydroxylation sites is 2. The molecule has 1 aliphatic heterocycles. The van der Waals surface area contributed by atoms with Crippen molar-refractivity contribution in [1.29, 1.82) is 0 Å². The number of anilines is 4. The van der Waals surface area contributed by atoms with Crippen LogP contribution in [0.2, 0.25) is 5.02 Å². The third kappa shape index (κ3) is 4.09. The smallest absolute Gasteiger partial charge is 0.249 e. The molecule has 0 amide bonds. The monoisotopic (exact) mass is 396 g/mol. The highest BCUT2D eigenvalue weighted by molar-refractivity contribution is 6.30. The van der Waals surface area contributed by atoms with Gasteiger partial charge in [0.15, 0.2) is 5.82 Å². The fourth-order valence-corrected chi connectivity index (χ4v) is 3.36. The van der Waals surface area contributed by atoms with Gasteiger partial charge in [0.1, 0.15) is 5.75 Å². The lowest BCUT2D eigenvalue weighted by Gasteiger charge is -2.37. The molecule has 28 heavy (non-hydrogen) atoms. The van der Waals surface area contributed by atoms with Crippen LogP contribution in [0, 0.1) is 0 Å². The van der Waals surface area contributed by atoms with E-state index in [0.717, 1.165) is 49.1 Å². The van der Waals surface area contributed by atoms with Crippen molar-refractivity contribution >= 4 is 34.7 Å². The highest BCUT2D eigenvalue weighted by Crippen LogP contribution is 2.29. The van der Waals surface area contributed by atoms with Gasteiger partial charge in [-0.2, -0.15) is 10.1 Å². The van der Waals surface area contributed by atoms with Crippen LogP contribution in [0.3, 0.4) is 0 Å². The molecule has 3 aromatic rings. The summed E-state index contributed by atoms with van der Waals surface area (Å²) in [6.45, 7) is 3.45. The van der Waals surface area contributed by atoms with E-state index >= 15 is 0 Å². The zero-order chi connectivity index (χ0) is 19.3. The summed E-state index contributed by atoms with van der Waals surface area (Å²) in [5.41, 5.74) is 1.99. The number of piperazine rings is 1. The van der Waals surface area contributed by atoms with Crippen LogP contribution in [0.15, 0.2) is 54.7 Å². The van der Waals surface area contributed by atoms with E-state index in [1.165, 1.54) is 0 Å². The Morgan fingerprint density at radius 2 is 1.68 bits per heavy atom. The topological polar surface area (TPSA) is 66.4 Å². The van der Waals surface area contributed by atoms with Gasteiger partial charge in [-0.25, -0.2) is 0 Å². The van der Waals surface area contributed by atoms with Crippen molar-refractivity contribution in [1.82, 2.24) is 15.2 Å². The molecule has 0 aliphatic carbocycles. The maximum absolute atomic E-state index is 5.93. The molecule has 0 bridgehead atoms. The molecule has 1 fully saturated rings. The minimum absolute atomic E-state index is 0.465. The Labute approximate surface area is 168 Å². The van der Waals surface area contributed by atoms with Crippen molar-refractivity contribution in [3.05, 3.63) is 59.8 Å². The van der Waals surface area contributed by atoms with Gasteiger partial charge in [0, 0.05) is 36.9 Å². The van der Waals surface area contributed by atoms with Gasteiger partial charge in [-0.3, -0.25) is 0 Å². The molecule has 1 aromatic heterocycles. The number of ether oxygens (including phenoxy) is 1. The molecule has 1 N–H and O–H groups in total. The summed E-state index contributed by atoms with van der Waals surface area (Å²) >= 11 is 5.93. The third-order valence-corrected chi connectivity index (χ3v) is 4.93. The molecule has 0 unspecified atom stereocenters. The van der Waals surface area contributed by atoms with Crippen LogP contribution in [0.5, 0.6) is 5.75 Å². The van der Waals surface area contributed by atoms with Crippen molar-refractivity contribution < 1.29 is 4.74 Å². The summed E-state index contributed by atoms with van der Waals surface area (Å²) < 4.78 is 5.49. The first-order valence-electron chi connectivity index (χ1n) is 9.08. The Balaban J connectivity index is 1.42. The first-order chi connectivity index (χ1) is 13.7. The number of nitrogens with zero attached hydrogens (tertiary/aromatic N) is 5. The summed E-state index contributed by atoms with van der Waals surface area (Å²) in [6.07, 6.45) is 1.70. The molecular formula is C20H21ClN6O. The fraction of sp³-hybridized carbons (Fsp3) is 0.250. The van der Waals surface area contributed by atoms with Gasteiger partial charge in [-0.05, 0) is 36.4 Å². The molecule has 0 saturated carbocycles. The molecular weight excluding hydrogens is 376 g/mol. The second-order valence-electron chi connectivity index (χ2n) is 6.42. The van der Waals surface area contributed by atoms with Crippen LogP contribution >= 0.6 is 11.6 Å². The summed E-state index contributed by atoms with van der Waals surface area (Å²) in [5, 5.41) is 12.0. The van der Waals surface area contributed by atoms with Gasteiger partial charge in [0.2, 0.25) is 5.95 Å². The second-order valence-corrected chi connectivity index (χ2v) is 6.85. The molecule has 8 heteroatoms. The molecule has 2 aromatic carbocycles. The SMILES string of the molecule is COc1ccccc1N1CCN(c2cnnc(Nc3ccc(Cl)cc3)n2)CC1.